The minimum Gasteiger partial charge on any atom is -0.483 e. The summed E-state index contributed by atoms with van der Waals surface area (Å²) in [7, 11) is -3.39. The van der Waals surface area contributed by atoms with Gasteiger partial charge in [-0.25, -0.2) is 12.7 Å². The lowest BCUT2D eigenvalue weighted by Gasteiger charge is -2.31. The minimum atomic E-state index is -3.39. The Morgan fingerprint density at radius 2 is 1.70 bits per heavy atom. The molecule has 1 aliphatic heterocycles. The average Bonchev–Trinajstić information content (AvgIpc) is 2.68. The number of nitrogens with zero attached hydrogens (tertiary/aromatic N) is 2. The molecule has 0 spiro atoms. The highest BCUT2D eigenvalue weighted by atomic mass is 32.2. The van der Waals surface area contributed by atoms with Crippen molar-refractivity contribution in [1.29, 1.82) is 0 Å². The van der Waals surface area contributed by atoms with E-state index >= 15 is 0 Å². The van der Waals surface area contributed by atoms with E-state index in [0.29, 0.717) is 25.9 Å². The first kappa shape index (κ1) is 19.3. The van der Waals surface area contributed by atoms with Crippen molar-refractivity contribution < 1.29 is 18.1 Å². The summed E-state index contributed by atoms with van der Waals surface area (Å²) in [6.07, 6.45) is 2.45. The average molecular weight is 389 g/mol. The first-order valence-corrected chi connectivity index (χ1v) is 10.3. The van der Waals surface area contributed by atoms with E-state index in [1.54, 1.807) is 24.6 Å². The Kier molecular flexibility index (Phi) is 6.08. The number of piperidine rings is 1. The van der Waals surface area contributed by atoms with Gasteiger partial charge in [0.2, 0.25) is 10.0 Å². The van der Waals surface area contributed by atoms with Crippen LogP contribution in [0.15, 0.2) is 54.6 Å². The van der Waals surface area contributed by atoms with Gasteiger partial charge in [0, 0.05) is 25.6 Å². The van der Waals surface area contributed by atoms with Crippen LogP contribution in [-0.2, 0) is 10.0 Å². The molecule has 0 amide bonds. The van der Waals surface area contributed by atoms with Crippen LogP contribution >= 0.6 is 0 Å². The summed E-state index contributed by atoms with van der Waals surface area (Å²) in [5.74, 6) is 0.174. The molecule has 0 aromatic heterocycles. The number of nitro benzene ring substituents is 1. The fourth-order valence-corrected chi connectivity index (χ4v) is 4.39. The zero-order valence-electron chi connectivity index (χ0n) is 14.7. The van der Waals surface area contributed by atoms with Crippen molar-refractivity contribution in [2.45, 2.75) is 18.9 Å². The van der Waals surface area contributed by atoms with Crippen molar-refractivity contribution in [1.82, 2.24) is 4.31 Å². The molecule has 8 heteroatoms. The van der Waals surface area contributed by atoms with Gasteiger partial charge in [-0.1, -0.05) is 42.5 Å². The van der Waals surface area contributed by atoms with Crippen LogP contribution in [-0.4, -0.2) is 42.6 Å². The molecule has 1 aliphatic rings. The molecular weight excluding hydrogens is 368 g/mol. The Labute approximate surface area is 158 Å². The normalized spacial score (nSPS) is 16.1. The summed E-state index contributed by atoms with van der Waals surface area (Å²) >= 11 is 0. The summed E-state index contributed by atoms with van der Waals surface area (Å²) in [5, 5.41) is 11.1. The second kappa shape index (κ2) is 8.49. The fourth-order valence-electron chi connectivity index (χ4n) is 3.01. The third-order valence-corrected chi connectivity index (χ3v) is 6.22. The van der Waals surface area contributed by atoms with E-state index in [-0.39, 0.29) is 23.3 Å². The number of hydrogen-bond donors (Lipinski definition) is 0. The van der Waals surface area contributed by atoms with Crippen LogP contribution in [0.3, 0.4) is 0 Å². The van der Waals surface area contributed by atoms with E-state index in [1.807, 2.05) is 30.3 Å². The molecule has 7 nitrogen and oxygen atoms in total. The molecule has 27 heavy (non-hydrogen) atoms. The molecule has 0 N–H and O–H groups in total. The van der Waals surface area contributed by atoms with Gasteiger partial charge in [-0.2, -0.15) is 0 Å². The molecule has 3 rings (SSSR count). The highest BCUT2D eigenvalue weighted by Gasteiger charge is 2.29. The van der Waals surface area contributed by atoms with Crippen LogP contribution in [0.1, 0.15) is 18.4 Å². The van der Waals surface area contributed by atoms with Gasteiger partial charge in [-0.05, 0) is 24.5 Å². The van der Waals surface area contributed by atoms with E-state index < -0.39 is 14.9 Å². The Hall–Kier alpha value is -2.45. The zero-order chi connectivity index (χ0) is 19.3. The van der Waals surface area contributed by atoms with Gasteiger partial charge in [0.1, 0.15) is 6.10 Å². The maximum Gasteiger partial charge on any atom is 0.310 e. The van der Waals surface area contributed by atoms with Gasteiger partial charge in [0.25, 0.3) is 0 Å². The predicted molar refractivity (Wildman–Crippen MR) is 102 cm³/mol. The van der Waals surface area contributed by atoms with E-state index in [1.165, 1.54) is 10.4 Å². The van der Waals surface area contributed by atoms with Crippen LogP contribution in [0.2, 0.25) is 0 Å². The molecular formula is C19H21N2O5S. The molecule has 0 atom stereocenters. The summed E-state index contributed by atoms with van der Waals surface area (Å²) in [5.41, 5.74) is 0.792. The minimum absolute atomic E-state index is 0.0489. The number of nitro groups is 1. The monoisotopic (exact) mass is 389 g/mol. The van der Waals surface area contributed by atoms with Crippen molar-refractivity contribution in [3.05, 3.63) is 76.7 Å². The van der Waals surface area contributed by atoms with Gasteiger partial charge >= 0.3 is 5.69 Å². The lowest BCUT2D eigenvalue weighted by Crippen LogP contribution is -2.42. The summed E-state index contributed by atoms with van der Waals surface area (Å²) in [6, 6.07) is 15.6. The van der Waals surface area contributed by atoms with Gasteiger partial charge in [-0.3, -0.25) is 10.1 Å². The molecule has 0 bridgehead atoms. The van der Waals surface area contributed by atoms with E-state index in [2.05, 4.69) is 0 Å². The first-order chi connectivity index (χ1) is 13.0. The summed E-state index contributed by atoms with van der Waals surface area (Å²) in [6.45, 7) is 0.687. The zero-order valence-corrected chi connectivity index (χ0v) is 15.5. The Morgan fingerprint density at radius 1 is 1.07 bits per heavy atom. The van der Waals surface area contributed by atoms with Crippen molar-refractivity contribution in [3.63, 3.8) is 0 Å². The quantitative estimate of drug-likeness (QED) is 0.536. The van der Waals surface area contributed by atoms with E-state index in [4.69, 9.17) is 4.74 Å². The number of sulfonamides is 1. The number of rotatable bonds is 7. The van der Waals surface area contributed by atoms with Crippen molar-refractivity contribution in [2.24, 2.45) is 0 Å². The van der Waals surface area contributed by atoms with Crippen molar-refractivity contribution in [2.75, 3.05) is 18.8 Å². The van der Waals surface area contributed by atoms with Gasteiger partial charge in [0.15, 0.2) is 5.75 Å². The summed E-state index contributed by atoms with van der Waals surface area (Å²) < 4.78 is 32.3. The smallest absolute Gasteiger partial charge is 0.310 e. The number of benzene rings is 2. The number of ether oxygens (including phenoxy) is 1. The van der Waals surface area contributed by atoms with Crippen LogP contribution < -0.4 is 4.74 Å². The van der Waals surface area contributed by atoms with Crippen molar-refractivity contribution in [3.8, 4) is 5.75 Å². The largest absolute Gasteiger partial charge is 0.483 e. The van der Waals surface area contributed by atoms with Gasteiger partial charge < -0.3 is 4.74 Å². The third kappa shape index (κ3) is 5.05. The molecule has 0 unspecified atom stereocenters. The molecule has 1 fully saturated rings. The lowest BCUT2D eigenvalue weighted by atomic mass is 10.1. The maximum absolute atomic E-state index is 12.5. The highest BCUT2D eigenvalue weighted by Crippen LogP contribution is 2.29. The summed E-state index contributed by atoms with van der Waals surface area (Å²) in [4.78, 5) is 10.6. The standard InChI is InChI=1S/C19H21N2O5S/c22-21(23)18-8-4-5-9-19(18)26-17-10-13-20(14-11-17)27(24,25)15-12-16-6-2-1-3-7-16/h1-9,12,17H,10-11,13-15H2. The second-order valence-electron chi connectivity index (χ2n) is 6.33. The van der Waals surface area contributed by atoms with E-state index in [0.717, 1.165) is 5.56 Å². The molecule has 1 radical (unpaired) electrons. The number of hydrogen-bond acceptors (Lipinski definition) is 5. The molecule has 2 aromatic rings. The maximum atomic E-state index is 12.5. The van der Waals surface area contributed by atoms with Gasteiger partial charge in [0.05, 0.1) is 10.7 Å². The molecule has 143 valence electrons. The van der Waals surface area contributed by atoms with Crippen LogP contribution in [0.5, 0.6) is 5.75 Å². The van der Waals surface area contributed by atoms with E-state index in [9.17, 15) is 18.5 Å². The Morgan fingerprint density at radius 3 is 2.37 bits per heavy atom. The molecule has 2 aromatic carbocycles. The van der Waals surface area contributed by atoms with Crippen LogP contribution in [0.4, 0.5) is 5.69 Å². The predicted octanol–water partition coefficient (Wildman–Crippen LogP) is 3.02. The van der Waals surface area contributed by atoms with Crippen LogP contribution in [0, 0.1) is 16.5 Å². The lowest BCUT2D eigenvalue weighted by molar-refractivity contribution is -0.386. The highest BCUT2D eigenvalue weighted by molar-refractivity contribution is 7.89. The molecule has 0 saturated carbocycles. The third-order valence-electron chi connectivity index (χ3n) is 4.48. The van der Waals surface area contributed by atoms with Crippen molar-refractivity contribution >= 4 is 15.7 Å². The number of para-hydroxylation sites is 2. The fraction of sp³-hybridized carbons (Fsp3) is 0.316. The molecule has 0 aliphatic carbocycles. The Balaban J connectivity index is 1.55. The SMILES string of the molecule is O=[N+]([O-])c1ccccc1OC1CCN(S(=O)(=O)C[CH]c2ccccc2)CC1. The molecule has 1 heterocycles. The molecule has 1 saturated heterocycles. The Bertz CT molecular complexity index is 878. The van der Waals surface area contributed by atoms with Gasteiger partial charge in [-0.15, -0.1) is 0 Å². The van der Waals surface area contributed by atoms with Crippen LogP contribution in [0.25, 0.3) is 0 Å². The second-order valence-corrected chi connectivity index (χ2v) is 8.35. The topological polar surface area (TPSA) is 89.8 Å². The first-order valence-electron chi connectivity index (χ1n) is 8.72.